The first-order valence-electron chi connectivity index (χ1n) is 8.99. The number of nitrogens with one attached hydrogen (secondary N) is 1. The number of sulfone groups is 1. The minimum Gasteiger partial charge on any atom is -0.449 e. The van der Waals surface area contributed by atoms with Crippen molar-refractivity contribution < 1.29 is 30.8 Å². The lowest BCUT2D eigenvalue weighted by atomic mass is 10.3. The van der Waals surface area contributed by atoms with Crippen LogP contribution < -0.4 is 5.32 Å². The van der Waals surface area contributed by atoms with Gasteiger partial charge < -0.3 is 9.73 Å². The Bertz CT molecular complexity index is 1350. The maximum Gasteiger partial charge on any atom is 0.433 e. The molecule has 4 rings (SSSR count). The number of hydrogen-bond acceptors (Lipinski definition) is 7. The lowest BCUT2D eigenvalue weighted by Gasteiger charge is -2.08. The van der Waals surface area contributed by atoms with Gasteiger partial charge in [0, 0.05) is 24.0 Å². The first-order chi connectivity index (χ1) is 15.1. The van der Waals surface area contributed by atoms with E-state index in [1.165, 1.54) is 18.3 Å². The molecule has 1 amide bonds. The molecule has 0 unspecified atom stereocenters. The number of carbonyl (C=O) groups excluding carboxylic acids is 1. The lowest BCUT2D eigenvalue weighted by Crippen LogP contribution is -2.22. The van der Waals surface area contributed by atoms with Crippen molar-refractivity contribution in [3.05, 3.63) is 78.3 Å². The summed E-state index contributed by atoms with van der Waals surface area (Å²) in [6.07, 6.45) is 0.0878. The van der Waals surface area contributed by atoms with Gasteiger partial charge in [0.15, 0.2) is 11.3 Å². The van der Waals surface area contributed by atoms with Crippen LogP contribution >= 0.6 is 0 Å². The van der Waals surface area contributed by atoms with Gasteiger partial charge >= 0.3 is 6.18 Å². The number of fused-ring (bicyclic) bond motifs is 1. The van der Waals surface area contributed by atoms with Gasteiger partial charge in [0.1, 0.15) is 5.69 Å². The molecule has 0 aliphatic heterocycles. The molecule has 8 nitrogen and oxygen atoms in total. The fourth-order valence-corrected chi connectivity index (χ4v) is 3.92. The van der Waals surface area contributed by atoms with Crippen molar-refractivity contribution in [3.8, 4) is 0 Å². The summed E-state index contributed by atoms with van der Waals surface area (Å²) in [6.45, 7) is -0.00368. The molecule has 0 aliphatic carbocycles. The van der Waals surface area contributed by atoms with Crippen LogP contribution in [0.5, 0.6) is 0 Å². The molecule has 0 aromatic carbocycles. The first kappa shape index (κ1) is 21.4. The zero-order valence-corrected chi connectivity index (χ0v) is 16.8. The van der Waals surface area contributed by atoms with Crippen LogP contribution in [-0.4, -0.2) is 29.3 Å². The lowest BCUT2D eigenvalue weighted by molar-refractivity contribution is -0.141. The Hall–Kier alpha value is -3.80. The van der Waals surface area contributed by atoms with Crippen molar-refractivity contribution in [2.75, 3.05) is 0 Å². The van der Waals surface area contributed by atoms with E-state index in [1.54, 1.807) is 18.3 Å². The van der Waals surface area contributed by atoms with Crippen molar-refractivity contribution in [1.82, 2.24) is 20.3 Å². The van der Waals surface area contributed by atoms with Crippen LogP contribution in [0.1, 0.15) is 21.9 Å². The Labute approximate surface area is 179 Å². The van der Waals surface area contributed by atoms with Crippen LogP contribution in [0, 0.1) is 0 Å². The van der Waals surface area contributed by atoms with E-state index >= 15 is 0 Å². The number of alkyl halides is 3. The highest BCUT2D eigenvalue weighted by Crippen LogP contribution is 2.28. The van der Waals surface area contributed by atoms with Gasteiger partial charge in [-0.3, -0.25) is 19.7 Å². The average molecular weight is 462 g/mol. The van der Waals surface area contributed by atoms with E-state index in [1.807, 2.05) is 0 Å². The Morgan fingerprint density at radius 3 is 2.31 bits per heavy atom. The quantitative estimate of drug-likeness (QED) is 0.483. The van der Waals surface area contributed by atoms with Crippen LogP contribution in [0.4, 0.5) is 13.2 Å². The molecule has 0 spiro atoms. The molecule has 4 aromatic heterocycles. The van der Waals surface area contributed by atoms with Gasteiger partial charge in [-0.2, -0.15) is 13.2 Å². The van der Waals surface area contributed by atoms with E-state index in [0.717, 1.165) is 17.6 Å². The highest BCUT2D eigenvalue weighted by Gasteiger charge is 2.32. The first-order valence-corrected chi connectivity index (χ1v) is 10.5. The van der Waals surface area contributed by atoms with Crippen LogP contribution in [-0.2, 0) is 22.6 Å². The molecule has 164 valence electrons. The molecule has 1 N–H and O–H groups in total. The Morgan fingerprint density at radius 1 is 1.00 bits per heavy atom. The third-order valence-electron chi connectivity index (χ3n) is 4.42. The molecular formula is C20H13F3N4O4S. The zero-order chi connectivity index (χ0) is 22.9. The molecule has 0 fully saturated rings. The second kappa shape index (κ2) is 8.04. The van der Waals surface area contributed by atoms with Crippen LogP contribution in [0.25, 0.3) is 11.0 Å². The molecule has 4 heterocycles. The van der Waals surface area contributed by atoms with Gasteiger partial charge in [0.05, 0.1) is 28.2 Å². The van der Waals surface area contributed by atoms with Gasteiger partial charge in [-0.05, 0) is 36.4 Å². The number of nitrogens with zero attached hydrogens (tertiary/aromatic N) is 3. The van der Waals surface area contributed by atoms with E-state index in [4.69, 9.17) is 4.42 Å². The van der Waals surface area contributed by atoms with Crippen LogP contribution in [0.15, 0.2) is 75.4 Å². The highest BCUT2D eigenvalue weighted by molar-refractivity contribution is 7.91. The second-order valence-electron chi connectivity index (χ2n) is 6.57. The molecule has 12 heteroatoms. The SMILES string of the molecule is O=C(NCc1ccc(S(=O)(=O)c2ccc(C(F)(F)F)nc2)cn1)c1cc2ccncc2o1. The second-order valence-corrected chi connectivity index (χ2v) is 8.52. The number of hydrogen-bond donors (Lipinski definition) is 1. The molecule has 0 atom stereocenters. The molecule has 0 radical (unpaired) electrons. The number of pyridine rings is 3. The Balaban J connectivity index is 1.44. The topological polar surface area (TPSA) is 115 Å². The fraction of sp³-hybridized carbons (Fsp3) is 0.100. The highest BCUT2D eigenvalue weighted by atomic mass is 32.2. The number of furan rings is 1. The summed E-state index contributed by atoms with van der Waals surface area (Å²) in [5, 5.41) is 3.32. The monoisotopic (exact) mass is 462 g/mol. The summed E-state index contributed by atoms with van der Waals surface area (Å²) in [5.74, 6) is -0.405. The van der Waals surface area contributed by atoms with Gasteiger partial charge in [0.2, 0.25) is 9.84 Å². The minimum absolute atomic E-state index is 0.00368. The van der Waals surface area contributed by atoms with Crippen LogP contribution in [0.3, 0.4) is 0 Å². The van der Waals surface area contributed by atoms with Crippen LogP contribution in [0.2, 0.25) is 0 Å². The maximum absolute atomic E-state index is 12.6. The maximum atomic E-state index is 12.6. The predicted octanol–water partition coefficient (Wildman–Crippen LogP) is 3.40. The predicted molar refractivity (Wildman–Crippen MR) is 104 cm³/mol. The normalized spacial score (nSPS) is 12.1. The summed E-state index contributed by atoms with van der Waals surface area (Å²) in [5.41, 5.74) is -0.370. The summed E-state index contributed by atoms with van der Waals surface area (Å²) in [7, 11) is -4.11. The van der Waals surface area contributed by atoms with E-state index < -0.39 is 32.5 Å². The van der Waals surface area contributed by atoms with Gasteiger partial charge in [0.25, 0.3) is 5.91 Å². The largest absolute Gasteiger partial charge is 0.449 e. The van der Waals surface area contributed by atoms with Crippen molar-refractivity contribution in [3.63, 3.8) is 0 Å². The summed E-state index contributed by atoms with van der Waals surface area (Å²) in [4.78, 5) is 22.7. The van der Waals surface area contributed by atoms with E-state index in [9.17, 15) is 26.4 Å². The summed E-state index contributed by atoms with van der Waals surface area (Å²) in [6, 6.07) is 7.32. The molecule has 0 bridgehead atoms. The molecule has 0 aliphatic rings. The van der Waals surface area contributed by atoms with Crippen molar-refractivity contribution in [2.45, 2.75) is 22.5 Å². The number of aromatic nitrogens is 3. The van der Waals surface area contributed by atoms with E-state index in [-0.39, 0.29) is 17.2 Å². The van der Waals surface area contributed by atoms with Gasteiger partial charge in [-0.1, -0.05) is 0 Å². The zero-order valence-electron chi connectivity index (χ0n) is 16.0. The fourth-order valence-electron chi connectivity index (χ4n) is 2.77. The van der Waals surface area contributed by atoms with E-state index in [2.05, 4.69) is 20.3 Å². The third-order valence-corrected chi connectivity index (χ3v) is 6.15. The molecule has 0 saturated carbocycles. The van der Waals surface area contributed by atoms with E-state index in [0.29, 0.717) is 23.5 Å². The summed E-state index contributed by atoms with van der Waals surface area (Å²) >= 11 is 0. The van der Waals surface area contributed by atoms with Gasteiger partial charge in [-0.25, -0.2) is 8.42 Å². The number of amides is 1. The molecule has 32 heavy (non-hydrogen) atoms. The summed E-state index contributed by atoms with van der Waals surface area (Å²) < 4.78 is 68.4. The number of rotatable bonds is 5. The Morgan fingerprint density at radius 2 is 1.72 bits per heavy atom. The van der Waals surface area contributed by atoms with Crippen molar-refractivity contribution >= 4 is 26.7 Å². The smallest absolute Gasteiger partial charge is 0.433 e. The third kappa shape index (κ3) is 4.30. The standard InChI is InChI=1S/C20H13F3N4O4S/c21-20(22,23)18-4-3-15(10-26-18)32(29,30)14-2-1-13(25-9-14)8-27-19(28)16-7-12-5-6-24-11-17(12)31-16/h1-7,9-11H,8H2,(H,27,28). The minimum atomic E-state index is -4.67. The van der Waals surface area contributed by atoms with Crippen molar-refractivity contribution in [1.29, 1.82) is 0 Å². The number of carbonyl (C=O) groups is 1. The number of halogens is 3. The molecule has 4 aromatic rings. The average Bonchev–Trinajstić information content (AvgIpc) is 3.22. The van der Waals surface area contributed by atoms with Gasteiger partial charge in [-0.15, -0.1) is 0 Å². The van der Waals surface area contributed by atoms with Crippen molar-refractivity contribution in [2.24, 2.45) is 0 Å². The molecule has 0 saturated heterocycles. The Kier molecular flexibility index (Phi) is 5.38. The molecular weight excluding hydrogens is 449 g/mol.